The average molecular weight is 281 g/mol. The summed E-state index contributed by atoms with van der Waals surface area (Å²) >= 11 is 0. The lowest BCUT2D eigenvalue weighted by Gasteiger charge is -2.27. The van der Waals surface area contributed by atoms with Crippen molar-refractivity contribution in [3.8, 4) is 0 Å². The number of hydrogen-bond acceptors (Lipinski definition) is 5. The van der Waals surface area contributed by atoms with Gasteiger partial charge in [-0.3, -0.25) is 9.58 Å². The Morgan fingerprint density at radius 1 is 1.60 bits per heavy atom. The summed E-state index contributed by atoms with van der Waals surface area (Å²) in [5.41, 5.74) is 0.000559. The summed E-state index contributed by atoms with van der Waals surface area (Å²) in [4.78, 5) is 15.5. The van der Waals surface area contributed by atoms with Crippen LogP contribution in [0.15, 0.2) is 6.20 Å². The van der Waals surface area contributed by atoms with E-state index in [1.165, 1.54) is 25.6 Å². The standard InChI is InChI=1S/C13H23N5O2/c1-3-17-6-4-5-11(17)9-16(2)7-8-18-10-12(13(19)20)14-15-18/h10-11H,3-9H2,1-2H3,(H,19,20). The quantitative estimate of drug-likeness (QED) is 0.779. The Hall–Kier alpha value is -1.47. The average Bonchev–Trinajstić information content (AvgIpc) is 3.04. The van der Waals surface area contributed by atoms with Crippen molar-refractivity contribution >= 4 is 5.97 Å². The number of aromatic nitrogens is 3. The zero-order valence-electron chi connectivity index (χ0n) is 12.2. The van der Waals surface area contributed by atoms with Gasteiger partial charge in [-0.1, -0.05) is 12.1 Å². The van der Waals surface area contributed by atoms with Gasteiger partial charge in [0.15, 0.2) is 5.69 Å². The SMILES string of the molecule is CCN1CCCC1CN(C)CCn1cc(C(=O)O)nn1. The molecule has 0 amide bonds. The smallest absolute Gasteiger partial charge is 0.358 e. The van der Waals surface area contributed by atoms with Gasteiger partial charge in [-0.2, -0.15) is 0 Å². The first-order valence-corrected chi connectivity index (χ1v) is 7.16. The van der Waals surface area contributed by atoms with Crippen molar-refractivity contribution in [2.24, 2.45) is 0 Å². The van der Waals surface area contributed by atoms with E-state index in [0.29, 0.717) is 12.6 Å². The van der Waals surface area contributed by atoms with Crippen molar-refractivity contribution in [3.05, 3.63) is 11.9 Å². The fourth-order valence-corrected chi connectivity index (χ4v) is 2.75. The van der Waals surface area contributed by atoms with E-state index < -0.39 is 5.97 Å². The maximum Gasteiger partial charge on any atom is 0.358 e. The van der Waals surface area contributed by atoms with Crippen LogP contribution in [0, 0.1) is 0 Å². The summed E-state index contributed by atoms with van der Waals surface area (Å²) in [5, 5.41) is 16.2. The molecule has 1 N–H and O–H groups in total. The predicted molar refractivity (Wildman–Crippen MR) is 74.7 cm³/mol. The lowest BCUT2D eigenvalue weighted by atomic mass is 10.2. The van der Waals surface area contributed by atoms with Gasteiger partial charge in [-0.15, -0.1) is 5.10 Å². The second-order valence-corrected chi connectivity index (χ2v) is 5.36. The number of aromatic carboxylic acids is 1. The number of carbonyl (C=O) groups is 1. The number of rotatable bonds is 7. The monoisotopic (exact) mass is 281 g/mol. The van der Waals surface area contributed by atoms with Crippen LogP contribution in [0.5, 0.6) is 0 Å². The van der Waals surface area contributed by atoms with Crippen LogP contribution < -0.4 is 0 Å². The molecule has 2 heterocycles. The molecular formula is C13H23N5O2. The van der Waals surface area contributed by atoms with Crippen LogP contribution >= 0.6 is 0 Å². The maximum absolute atomic E-state index is 10.7. The van der Waals surface area contributed by atoms with E-state index in [1.807, 2.05) is 0 Å². The zero-order chi connectivity index (χ0) is 14.5. The van der Waals surface area contributed by atoms with Crippen LogP contribution in [0.3, 0.4) is 0 Å². The van der Waals surface area contributed by atoms with Gasteiger partial charge in [0.25, 0.3) is 0 Å². The number of likely N-dealkylation sites (N-methyl/N-ethyl adjacent to an activating group) is 2. The Balaban J connectivity index is 1.76. The van der Waals surface area contributed by atoms with Crippen LogP contribution in [0.2, 0.25) is 0 Å². The number of hydrogen-bond donors (Lipinski definition) is 1. The van der Waals surface area contributed by atoms with Gasteiger partial charge in [-0.05, 0) is 33.0 Å². The molecule has 0 bridgehead atoms. The molecule has 7 nitrogen and oxygen atoms in total. The number of nitrogens with zero attached hydrogens (tertiary/aromatic N) is 5. The Morgan fingerprint density at radius 3 is 3.05 bits per heavy atom. The van der Waals surface area contributed by atoms with Gasteiger partial charge in [0.05, 0.1) is 12.7 Å². The van der Waals surface area contributed by atoms with E-state index in [0.717, 1.165) is 19.6 Å². The first-order chi connectivity index (χ1) is 9.60. The summed E-state index contributed by atoms with van der Waals surface area (Å²) in [7, 11) is 2.10. The second kappa shape index (κ2) is 6.81. The molecule has 0 aromatic carbocycles. The summed E-state index contributed by atoms with van der Waals surface area (Å²) in [6.45, 7) is 7.09. The molecule has 1 unspecified atom stereocenters. The molecule has 0 saturated carbocycles. The van der Waals surface area contributed by atoms with Crippen LogP contribution in [0.1, 0.15) is 30.3 Å². The molecule has 1 fully saturated rings. The Kier molecular flexibility index (Phi) is 5.08. The molecule has 1 aromatic heterocycles. The molecule has 0 aliphatic carbocycles. The highest BCUT2D eigenvalue weighted by Crippen LogP contribution is 2.17. The van der Waals surface area contributed by atoms with Crippen molar-refractivity contribution in [1.29, 1.82) is 0 Å². The van der Waals surface area contributed by atoms with Crippen molar-refractivity contribution in [1.82, 2.24) is 24.8 Å². The minimum absolute atomic E-state index is 0.000559. The van der Waals surface area contributed by atoms with Gasteiger partial charge in [0, 0.05) is 19.1 Å². The molecule has 1 atom stereocenters. The maximum atomic E-state index is 10.7. The highest BCUT2D eigenvalue weighted by Gasteiger charge is 2.23. The van der Waals surface area contributed by atoms with E-state index in [4.69, 9.17) is 5.11 Å². The lowest BCUT2D eigenvalue weighted by molar-refractivity contribution is 0.0690. The fourth-order valence-electron chi connectivity index (χ4n) is 2.75. The molecule has 1 aliphatic heterocycles. The van der Waals surface area contributed by atoms with E-state index >= 15 is 0 Å². The summed E-state index contributed by atoms with van der Waals surface area (Å²) in [6, 6.07) is 0.648. The Morgan fingerprint density at radius 2 is 2.40 bits per heavy atom. The highest BCUT2D eigenvalue weighted by atomic mass is 16.4. The van der Waals surface area contributed by atoms with Gasteiger partial charge >= 0.3 is 5.97 Å². The van der Waals surface area contributed by atoms with Crippen LogP contribution in [-0.4, -0.2) is 75.1 Å². The van der Waals surface area contributed by atoms with Gasteiger partial charge < -0.3 is 10.0 Å². The molecule has 1 aromatic rings. The fraction of sp³-hybridized carbons (Fsp3) is 0.769. The van der Waals surface area contributed by atoms with E-state index in [1.54, 1.807) is 4.68 Å². The number of likely N-dealkylation sites (tertiary alicyclic amines) is 1. The van der Waals surface area contributed by atoms with Gasteiger partial charge in [0.1, 0.15) is 0 Å². The van der Waals surface area contributed by atoms with Gasteiger partial charge in [-0.25, -0.2) is 4.79 Å². The zero-order valence-corrected chi connectivity index (χ0v) is 12.2. The summed E-state index contributed by atoms with van der Waals surface area (Å²) < 4.78 is 1.59. The minimum Gasteiger partial charge on any atom is -0.476 e. The minimum atomic E-state index is -1.03. The predicted octanol–water partition coefficient (Wildman–Crippen LogP) is 0.392. The first kappa shape index (κ1) is 14.9. The normalized spacial score (nSPS) is 19.9. The lowest BCUT2D eigenvalue weighted by Crippen LogP contribution is -2.39. The third-order valence-electron chi connectivity index (χ3n) is 3.90. The number of carboxylic acid groups (broad SMARTS) is 1. The molecule has 2 rings (SSSR count). The third-order valence-corrected chi connectivity index (χ3v) is 3.90. The molecule has 1 aliphatic rings. The number of carboxylic acids is 1. The molecule has 7 heteroatoms. The molecule has 0 spiro atoms. The van der Waals surface area contributed by atoms with Crippen LogP contribution in [0.4, 0.5) is 0 Å². The molecule has 112 valence electrons. The first-order valence-electron chi connectivity index (χ1n) is 7.16. The molecule has 20 heavy (non-hydrogen) atoms. The molecule has 1 saturated heterocycles. The summed E-state index contributed by atoms with van der Waals surface area (Å²) in [5.74, 6) is -1.03. The van der Waals surface area contributed by atoms with E-state index in [-0.39, 0.29) is 5.69 Å². The summed E-state index contributed by atoms with van der Waals surface area (Å²) in [6.07, 6.45) is 4.03. The van der Waals surface area contributed by atoms with Crippen molar-refractivity contribution in [2.45, 2.75) is 32.4 Å². The van der Waals surface area contributed by atoms with E-state index in [9.17, 15) is 4.79 Å². The highest BCUT2D eigenvalue weighted by molar-refractivity contribution is 5.84. The van der Waals surface area contributed by atoms with Crippen molar-refractivity contribution in [3.63, 3.8) is 0 Å². The van der Waals surface area contributed by atoms with E-state index in [2.05, 4.69) is 34.1 Å². The third kappa shape index (κ3) is 3.77. The molecular weight excluding hydrogens is 258 g/mol. The Labute approximate surface area is 119 Å². The molecule has 0 radical (unpaired) electrons. The van der Waals surface area contributed by atoms with Crippen LogP contribution in [-0.2, 0) is 6.54 Å². The van der Waals surface area contributed by atoms with Crippen molar-refractivity contribution < 1.29 is 9.90 Å². The topological polar surface area (TPSA) is 74.5 Å². The van der Waals surface area contributed by atoms with Crippen molar-refractivity contribution in [2.75, 3.05) is 33.2 Å². The Bertz CT molecular complexity index is 448. The largest absolute Gasteiger partial charge is 0.476 e. The second-order valence-electron chi connectivity index (χ2n) is 5.36. The van der Waals surface area contributed by atoms with Gasteiger partial charge in [0.2, 0.25) is 0 Å². The van der Waals surface area contributed by atoms with Crippen LogP contribution in [0.25, 0.3) is 0 Å².